The van der Waals surface area contributed by atoms with Crippen LogP contribution in [0.15, 0.2) is 61.7 Å². The van der Waals surface area contributed by atoms with Gasteiger partial charge in [-0.3, -0.25) is 18.7 Å². The van der Waals surface area contributed by atoms with Crippen molar-refractivity contribution in [3.63, 3.8) is 0 Å². The fraction of sp³-hybridized carbons (Fsp3) is 0.190. The maximum Gasteiger partial charge on any atom is 0.332 e. The molecule has 0 amide bonds. The lowest BCUT2D eigenvalue weighted by Gasteiger charge is -2.15. The lowest BCUT2D eigenvalue weighted by molar-refractivity contribution is 0.0992. The molecule has 3 heterocycles. The Morgan fingerprint density at radius 1 is 1.10 bits per heavy atom. The molecule has 10 heteroatoms. The third-order valence-corrected chi connectivity index (χ3v) is 6.03. The summed E-state index contributed by atoms with van der Waals surface area (Å²) in [6.07, 6.45) is 1.53. The van der Waals surface area contributed by atoms with Crippen molar-refractivity contribution in [2.24, 2.45) is 14.1 Å². The zero-order valence-corrected chi connectivity index (χ0v) is 17.8. The van der Waals surface area contributed by atoms with Crippen molar-refractivity contribution in [1.82, 2.24) is 19.1 Å². The van der Waals surface area contributed by atoms with Gasteiger partial charge in [0.15, 0.2) is 17.4 Å². The van der Waals surface area contributed by atoms with Gasteiger partial charge >= 0.3 is 5.69 Å². The summed E-state index contributed by atoms with van der Waals surface area (Å²) >= 11 is 1.19. The number of hydrogen-bond donors (Lipinski definition) is 1. The SMILES string of the molecule is CC(Sc1nc(-c2ccco2)nc2ccccc12)C(=O)c1c(N)n(C)c(=O)n(C)c1=O. The predicted octanol–water partition coefficient (Wildman–Crippen LogP) is 2.23. The van der Waals surface area contributed by atoms with Crippen LogP contribution < -0.4 is 17.0 Å². The summed E-state index contributed by atoms with van der Waals surface area (Å²) in [6, 6.07) is 10.9. The number of para-hydroxylation sites is 1. The molecule has 0 bridgehead atoms. The first-order valence-electron chi connectivity index (χ1n) is 9.36. The summed E-state index contributed by atoms with van der Waals surface area (Å²) in [5.74, 6) is 0.251. The van der Waals surface area contributed by atoms with E-state index in [0.717, 1.165) is 14.5 Å². The van der Waals surface area contributed by atoms with E-state index in [-0.39, 0.29) is 11.4 Å². The number of nitrogens with two attached hydrogens (primary N) is 1. The zero-order chi connectivity index (χ0) is 22.3. The van der Waals surface area contributed by atoms with Gasteiger partial charge in [0.05, 0.1) is 17.0 Å². The molecule has 0 spiro atoms. The summed E-state index contributed by atoms with van der Waals surface area (Å²) in [4.78, 5) is 46.9. The van der Waals surface area contributed by atoms with Crippen molar-refractivity contribution in [2.75, 3.05) is 5.73 Å². The Kier molecular flexibility index (Phi) is 5.24. The highest BCUT2D eigenvalue weighted by atomic mass is 32.2. The van der Waals surface area contributed by atoms with Crippen LogP contribution in [0.4, 0.5) is 5.82 Å². The molecule has 4 aromatic rings. The van der Waals surface area contributed by atoms with Gasteiger partial charge in [0.25, 0.3) is 5.56 Å². The Hall–Kier alpha value is -3.66. The molecule has 0 aliphatic rings. The first kappa shape index (κ1) is 20.6. The van der Waals surface area contributed by atoms with E-state index < -0.39 is 22.3 Å². The van der Waals surface area contributed by atoms with E-state index in [4.69, 9.17) is 10.2 Å². The second-order valence-corrected chi connectivity index (χ2v) is 8.27. The van der Waals surface area contributed by atoms with Crippen LogP contribution in [0.2, 0.25) is 0 Å². The van der Waals surface area contributed by atoms with Gasteiger partial charge in [-0.25, -0.2) is 14.8 Å². The van der Waals surface area contributed by atoms with Crippen molar-refractivity contribution < 1.29 is 9.21 Å². The predicted molar refractivity (Wildman–Crippen MR) is 118 cm³/mol. The van der Waals surface area contributed by atoms with Crippen molar-refractivity contribution in [1.29, 1.82) is 0 Å². The molecule has 9 nitrogen and oxygen atoms in total. The van der Waals surface area contributed by atoms with Gasteiger partial charge < -0.3 is 10.2 Å². The summed E-state index contributed by atoms with van der Waals surface area (Å²) in [7, 11) is 2.73. The summed E-state index contributed by atoms with van der Waals surface area (Å²) in [5, 5.41) is 0.636. The lowest BCUT2D eigenvalue weighted by Crippen LogP contribution is -2.42. The number of nitrogens with zero attached hydrogens (tertiary/aromatic N) is 4. The molecule has 0 fully saturated rings. The van der Waals surface area contributed by atoms with E-state index in [1.165, 1.54) is 32.1 Å². The molecule has 0 radical (unpaired) electrons. The van der Waals surface area contributed by atoms with Gasteiger partial charge in [0.1, 0.15) is 16.4 Å². The van der Waals surface area contributed by atoms with Gasteiger partial charge in [-0.05, 0) is 25.1 Å². The van der Waals surface area contributed by atoms with Crippen LogP contribution in [0.25, 0.3) is 22.5 Å². The van der Waals surface area contributed by atoms with Crippen LogP contribution in [0.3, 0.4) is 0 Å². The molecule has 2 N–H and O–H groups in total. The van der Waals surface area contributed by atoms with Crippen molar-refractivity contribution >= 4 is 34.3 Å². The number of fused-ring (bicyclic) bond motifs is 1. The van der Waals surface area contributed by atoms with E-state index in [2.05, 4.69) is 9.97 Å². The van der Waals surface area contributed by atoms with Gasteiger partial charge in [0.2, 0.25) is 0 Å². The Morgan fingerprint density at radius 3 is 2.55 bits per heavy atom. The van der Waals surface area contributed by atoms with Crippen molar-refractivity contribution in [2.45, 2.75) is 17.2 Å². The van der Waals surface area contributed by atoms with E-state index in [9.17, 15) is 14.4 Å². The number of anilines is 1. The van der Waals surface area contributed by atoms with Crippen LogP contribution in [0.5, 0.6) is 0 Å². The number of thioether (sulfide) groups is 1. The normalized spacial score (nSPS) is 12.2. The standard InChI is InChI=1S/C21H19N5O4S/c1-11(16(27)15-17(22)25(2)21(29)26(3)20(15)28)31-19-12-7-4-5-8-13(12)23-18(24-19)14-9-6-10-30-14/h4-11H,22H2,1-3H3. The largest absolute Gasteiger partial charge is 0.461 e. The molecule has 1 unspecified atom stereocenters. The van der Waals surface area contributed by atoms with E-state index in [0.29, 0.717) is 22.1 Å². The fourth-order valence-electron chi connectivity index (χ4n) is 3.17. The molecular weight excluding hydrogens is 418 g/mol. The molecule has 1 atom stereocenters. The van der Waals surface area contributed by atoms with Crippen LogP contribution in [-0.4, -0.2) is 30.1 Å². The summed E-state index contributed by atoms with van der Waals surface area (Å²) in [6.45, 7) is 1.67. The third kappa shape index (κ3) is 3.55. The fourth-order valence-corrected chi connectivity index (χ4v) is 4.17. The van der Waals surface area contributed by atoms with Gasteiger partial charge in [0, 0.05) is 19.5 Å². The van der Waals surface area contributed by atoms with Crippen molar-refractivity contribution in [3.8, 4) is 11.6 Å². The van der Waals surface area contributed by atoms with Crippen LogP contribution in [0.1, 0.15) is 17.3 Å². The maximum absolute atomic E-state index is 13.2. The molecule has 4 rings (SSSR count). The minimum atomic E-state index is -0.720. The number of carbonyl (C=O) groups is 1. The smallest absolute Gasteiger partial charge is 0.332 e. The Morgan fingerprint density at radius 2 is 1.84 bits per heavy atom. The minimum absolute atomic E-state index is 0.158. The molecule has 0 saturated carbocycles. The molecule has 158 valence electrons. The molecular formula is C21H19N5O4S. The quantitative estimate of drug-likeness (QED) is 0.286. The number of nitrogen functional groups attached to an aromatic ring is 1. The first-order chi connectivity index (χ1) is 14.8. The van der Waals surface area contributed by atoms with E-state index in [1.54, 1.807) is 19.1 Å². The summed E-state index contributed by atoms with van der Waals surface area (Å²) < 4.78 is 7.38. The summed E-state index contributed by atoms with van der Waals surface area (Å²) in [5.41, 5.74) is 5.12. The molecule has 31 heavy (non-hydrogen) atoms. The lowest BCUT2D eigenvalue weighted by atomic mass is 10.1. The number of ketones is 1. The van der Waals surface area contributed by atoms with Crippen LogP contribution >= 0.6 is 11.8 Å². The highest BCUT2D eigenvalue weighted by Crippen LogP contribution is 2.32. The van der Waals surface area contributed by atoms with Gasteiger partial charge in [-0.1, -0.05) is 30.0 Å². The Balaban J connectivity index is 1.78. The highest BCUT2D eigenvalue weighted by molar-refractivity contribution is 8.00. The molecule has 0 aliphatic heterocycles. The van der Waals surface area contributed by atoms with E-state index in [1.807, 2.05) is 24.3 Å². The first-order valence-corrected chi connectivity index (χ1v) is 10.2. The molecule has 0 aliphatic carbocycles. The zero-order valence-electron chi connectivity index (χ0n) is 17.0. The number of hydrogen-bond acceptors (Lipinski definition) is 8. The number of aromatic nitrogens is 4. The average Bonchev–Trinajstić information content (AvgIpc) is 3.31. The number of carbonyl (C=O) groups excluding carboxylic acids is 1. The van der Waals surface area contributed by atoms with Gasteiger partial charge in [-0.15, -0.1) is 0 Å². The van der Waals surface area contributed by atoms with Crippen LogP contribution in [0, 0.1) is 0 Å². The minimum Gasteiger partial charge on any atom is -0.461 e. The number of furan rings is 1. The monoisotopic (exact) mass is 437 g/mol. The van der Waals surface area contributed by atoms with E-state index >= 15 is 0 Å². The highest BCUT2D eigenvalue weighted by Gasteiger charge is 2.26. The number of benzene rings is 1. The third-order valence-electron chi connectivity index (χ3n) is 4.92. The topological polar surface area (TPSA) is 126 Å². The van der Waals surface area contributed by atoms with Crippen molar-refractivity contribution in [3.05, 3.63) is 69.1 Å². The second-order valence-electron chi connectivity index (χ2n) is 6.94. The van der Waals surface area contributed by atoms with Crippen LogP contribution in [-0.2, 0) is 14.1 Å². The van der Waals surface area contributed by atoms with Gasteiger partial charge in [-0.2, -0.15) is 0 Å². The number of Topliss-reactive ketones (excluding diaryl/α,β-unsaturated/α-hetero) is 1. The number of rotatable bonds is 5. The Bertz CT molecular complexity index is 1420. The Labute approximate surface area is 180 Å². The molecule has 0 saturated heterocycles. The average molecular weight is 437 g/mol. The molecule has 1 aromatic carbocycles. The molecule has 3 aromatic heterocycles. The second kappa shape index (κ2) is 7.88. The maximum atomic E-state index is 13.2.